The van der Waals surface area contributed by atoms with Crippen LogP contribution < -0.4 is 0 Å². The maximum absolute atomic E-state index is 13.1. The Morgan fingerprint density at radius 1 is 1.14 bits per heavy atom. The smallest absolute Gasteiger partial charge is 0.141 e. The highest BCUT2D eigenvalue weighted by Gasteiger charge is 2.12. The van der Waals surface area contributed by atoms with Crippen LogP contribution in [0.15, 0.2) is 46.9 Å². The van der Waals surface area contributed by atoms with Gasteiger partial charge in [0.05, 0.1) is 11.0 Å². The minimum Gasteiger partial charge on any atom is -0.324 e. The fourth-order valence-corrected chi connectivity index (χ4v) is 2.81. The standard InChI is InChI=1S/C17H16BrFN2/c1-2-3-10-21-16-9-6-13(18)11-15(16)20-17(21)12-4-7-14(19)8-5-12/h4-9,11H,2-3,10H2,1H3. The quantitative estimate of drug-likeness (QED) is 0.617. The van der Waals surface area contributed by atoms with Crippen LogP contribution in [0.5, 0.6) is 0 Å². The lowest BCUT2D eigenvalue weighted by atomic mass is 10.2. The normalized spacial score (nSPS) is 11.2. The Labute approximate surface area is 131 Å². The number of aryl methyl sites for hydroxylation is 1. The Morgan fingerprint density at radius 3 is 2.62 bits per heavy atom. The molecule has 3 aromatic rings. The summed E-state index contributed by atoms with van der Waals surface area (Å²) < 4.78 is 16.4. The Bertz CT molecular complexity index is 762. The number of nitrogens with zero attached hydrogens (tertiary/aromatic N) is 2. The van der Waals surface area contributed by atoms with E-state index in [9.17, 15) is 4.39 Å². The van der Waals surface area contributed by atoms with E-state index in [4.69, 9.17) is 4.98 Å². The van der Waals surface area contributed by atoms with E-state index in [1.165, 1.54) is 12.1 Å². The first-order chi connectivity index (χ1) is 10.2. The van der Waals surface area contributed by atoms with E-state index >= 15 is 0 Å². The molecule has 0 amide bonds. The van der Waals surface area contributed by atoms with Crippen molar-refractivity contribution in [3.05, 3.63) is 52.8 Å². The van der Waals surface area contributed by atoms with Crippen molar-refractivity contribution in [1.82, 2.24) is 9.55 Å². The van der Waals surface area contributed by atoms with Gasteiger partial charge >= 0.3 is 0 Å². The third-order valence-corrected chi connectivity index (χ3v) is 4.04. The summed E-state index contributed by atoms with van der Waals surface area (Å²) >= 11 is 3.49. The molecule has 0 unspecified atom stereocenters. The van der Waals surface area contributed by atoms with Crippen molar-refractivity contribution in [2.24, 2.45) is 0 Å². The van der Waals surface area contributed by atoms with Gasteiger partial charge in [0.25, 0.3) is 0 Å². The van der Waals surface area contributed by atoms with Crippen molar-refractivity contribution in [3.8, 4) is 11.4 Å². The van der Waals surface area contributed by atoms with Gasteiger partial charge < -0.3 is 4.57 Å². The Hall–Kier alpha value is -1.68. The monoisotopic (exact) mass is 346 g/mol. The molecule has 0 saturated heterocycles. The van der Waals surface area contributed by atoms with Crippen molar-refractivity contribution in [2.45, 2.75) is 26.3 Å². The SMILES string of the molecule is CCCCn1c(-c2ccc(F)cc2)nc2cc(Br)ccc21. The van der Waals surface area contributed by atoms with Gasteiger partial charge in [-0.2, -0.15) is 0 Å². The molecule has 1 heterocycles. The molecule has 0 aliphatic rings. The number of rotatable bonds is 4. The number of imidazole rings is 1. The summed E-state index contributed by atoms with van der Waals surface area (Å²) in [4.78, 5) is 4.74. The van der Waals surface area contributed by atoms with Crippen molar-refractivity contribution < 1.29 is 4.39 Å². The van der Waals surface area contributed by atoms with E-state index in [2.05, 4.69) is 33.5 Å². The van der Waals surface area contributed by atoms with Crippen LogP contribution in [0.3, 0.4) is 0 Å². The number of benzene rings is 2. The van der Waals surface area contributed by atoms with Gasteiger partial charge in [-0.3, -0.25) is 0 Å². The molecule has 0 atom stereocenters. The lowest BCUT2D eigenvalue weighted by Crippen LogP contribution is -2.00. The number of hydrogen-bond donors (Lipinski definition) is 0. The van der Waals surface area contributed by atoms with Crippen molar-refractivity contribution in [3.63, 3.8) is 0 Å². The third kappa shape index (κ3) is 2.86. The number of halogens is 2. The van der Waals surface area contributed by atoms with Gasteiger partial charge in [0.15, 0.2) is 0 Å². The molecule has 0 saturated carbocycles. The molecule has 0 radical (unpaired) electrons. The van der Waals surface area contributed by atoms with E-state index in [0.717, 1.165) is 46.3 Å². The molecule has 4 heteroatoms. The average molecular weight is 347 g/mol. The zero-order valence-electron chi connectivity index (χ0n) is 11.8. The Kier molecular flexibility index (Phi) is 4.06. The molecule has 108 valence electrons. The third-order valence-electron chi connectivity index (χ3n) is 3.55. The lowest BCUT2D eigenvalue weighted by Gasteiger charge is -2.08. The maximum Gasteiger partial charge on any atom is 0.141 e. The summed E-state index contributed by atoms with van der Waals surface area (Å²) in [6.45, 7) is 3.09. The van der Waals surface area contributed by atoms with Gasteiger partial charge in [-0.1, -0.05) is 29.3 Å². The van der Waals surface area contributed by atoms with Crippen molar-refractivity contribution >= 4 is 27.0 Å². The lowest BCUT2D eigenvalue weighted by molar-refractivity contribution is 0.627. The summed E-state index contributed by atoms with van der Waals surface area (Å²) in [6.07, 6.45) is 2.22. The molecule has 0 aliphatic heterocycles. The highest BCUT2D eigenvalue weighted by molar-refractivity contribution is 9.10. The molecular weight excluding hydrogens is 331 g/mol. The number of hydrogen-bond acceptors (Lipinski definition) is 1. The summed E-state index contributed by atoms with van der Waals surface area (Å²) in [6, 6.07) is 12.7. The summed E-state index contributed by atoms with van der Waals surface area (Å²) in [5.41, 5.74) is 3.02. The van der Waals surface area contributed by atoms with Crippen LogP contribution in [0.1, 0.15) is 19.8 Å². The van der Waals surface area contributed by atoms with Crippen LogP contribution in [-0.2, 0) is 6.54 Å². The second kappa shape index (κ2) is 5.98. The van der Waals surface area contributed by atoms with Gasteiger partial charge in [-0.25, -0.2) is 9.37 Å². The largest absolute Gasteiger partial charge is 0.324 e. The molecule has 21 heavy (non-hydrogen) atoms. The first kappa shape index (κ1) is 14.3. The van der Waals surface area contributed by atoms with E-state index in [0.29, 0.717) is 0 Å². The highest BCUT2D eigenvalue weighted by Crippen LogP contribution is 2.27. The zero-order valence-corrected chi connectivity index (χ0v) is 13.4. The fraction of sp³-hybridized carbons (Fsp3) is 0.235. The van der Waals surface area contributed by atoms with E-state index in [-0.39, 0.29) is 5.82 Å². The van der Waals surface area contributed by atoms with Crippen LogP contribution in [0, 0.1) is 5.82 Å². The second-order valence-electron chi connectivity index (χ2n) is 5.08. The Balaban J connectivity index is 2.17. The van der Waals surface area contributed by atoms with Gasteiger partial charge in [0.1, 0.15) is 11.6 Å². The highest BCUT2D eigenvalue weighted by atomic mass is 79.9. The second-order valence-corrected chi connectivity index (χ2v) is 6.00. The topological polar surface area (TPSA) is 17.8 Å². The van der Waals surface area contributed by atoms with Crippen LogP contribution in [0.2, 0.25) is 0 Å². The summed E-state index contributed by atoms with van der Waals surface area (Å²) in [5.74, 6) is 0.675. The fourth-order valence-electron chi connectivity index (χ4n) is 2.46. The molecular formula is C17H16BrFN2. The van der Waals surface area contributed by atoms with Crippen LogP contribution >= 0.6 is 15.9 Å². The Morgan fingerprint density at radius 2 is 1.90 bits per heavy atom. The van der Waals surface area contributed by atoms with E-state index in [1.807, 2.05) is 12.1 Å². The van der Waals surface area contributed by atoms with E-state index in [1.54, 1.807) is 12.1 Å². The van der Waals surface area contributed by atoms with Gasteiger partial charge in [0.2, 0.25) is 0 Å². The van der Waals surface area contributed by atoms with E-state index < -0.39 is 0 Å². The van der Waals surface area contributed by atoms with Gasteiger partial charge in [-0.05, 0) is 48.9 Å². The predicted molar refractivity (Wildman–Crippen MR) is 87.7 cm³/mol. The minimum atomic E-state index is -0.224. The number of unbranched alkanes of at least 4 members (excludes halogenated alkanes) is 1. The molecule has 0 aliphatic carbocycles. The molecule has 0 N–H and O–H groups in total. The molecule has 2 aromatic carbocycles. The zero-order chi connectivity index (χ0) is 14.8. The number of aromatic nitrogens is 2. The molecule has 0 fully saturated rings. The molecule has 0 spiro atoms. The average Bonchev–Trinajstić information content (AvgIpc) is 2.83. The first-order valence-corrected chi connectivity index (χ1v) is 7.90. The summed E-state index contributed by atoms with van der Waals surface area (Å²) in [7, 11) is 0. The van der Waals surface area contributed by atoms with Crippen molar-refractivity contribution in [1.29, 1.82) is 0 Å². The van der Waals surface area contributed by atoms with Crippen LogP contribution in [-0.4, -0.2) is 9.55 Å². The van der Waals surface area contributed by atoms with Crippen LogP contribution in [0.25, 0.3) is 22.4 Å². The number of fused-ring (bicyclic) bond motifs is 1. The van der Waals surface area contributed by atoms with Crippen molar-refractivity contribution in [2.75, 3.05) is 0 Å². The predicted octanol–water partition coefficient (Wildman–Crippen LogP) is 5.41. The van der Waals surface area contributed by atoms with Gasteiger partial charge in [-0.15, -0.1) is 0 Å². The summed E-state index contributed by atoms with van der Waals surface area (Å²) in [5, 5.41) is 0. The van der Waals surface area contributed by atoms with Crippen LogP contribution in [0.4, 0.5) is 4.39 Å². The maximum atomic E-state index is 13.1. The minimum absolute atomic E-state index is 0.224. The molecule has 0 bridgehead atoms. The first-order valence-electron chi connectivity index (χ1n) is 7.11. The molecule has 1 aromatic heterocycles. The molecule has 2 nitrogen and oxygen atoms in total. The molecule has 3 rings (SSSR count). The van der Waals surface area contributed by atoms with Gasteiger partial charge in [0, 0.05) is 16.6 Å².